The molecule has 4 aromatic rings. The Morgan fingerprint density at radius 3 is 2.50 bits per heavy atom. The number of amides is 1. The van der Waals surface area contributed by atoms with E-state index in [4.69, 9.17) is 9.26 Å². The Morgan fingerprint density at radius 1 is 1.03 bits per heavy atom. The van der Waals surface area contributed by atoms with Crippen LogP contribution in [0, 0.1) is 6.92 Å². The van der Waals surface area contributed by atoms with Gasteiger partial charge in [0.05, 0.1) is 19.1 Å². The molecule has 150 valence electrons. The Kier molecular flexibility index (Phi) is 5.57. The van der Waals surface area contributed by atoms with E-state index >= 15 is 0 Å². The lowest BCUT2D eigenvalue weighted by atomic mass is 10.00. The molecule has 2 aromatic heterocycles. The van der Waals surface area contributed by atoms with E-state index in [2.05, 4.69) is 15.5 Å². The molecule has 1 amide bonds. The summed E-state index contributed by atoms with van der Waals surface area (Å²) in [4.78, 5) is 16.7. The average Bonchev–Trinajstić information content (AvgIpc) is 3.18. The lowest BCUT2D eigenvalue weighted by molar-refractivity contribution is -0.115. The van der Waals surface area contributed by atoms with Gasteiger partial charge in [0, 0.05) is 18.0 Å². The Labute approximate surface area is 174 Å². The largest absolute Gasteiger partial charge is 0.496 e. The van der Waals surface area contributed by atoms with Gasteiger partial charge in [0.1, 0.15) is 11.4 Å². The van der Waals surface area contributed by atoms with Gasteiger partial charge >= 0.3 is 0 Å². The van der Waals surface area contributed by atoms with Gasteiger partial charge in [-0.25, -0.2) is 0 Å². The minimum atomic E-state index is -0.176. The molecule has 0 fully saturated rings. The molecule has 6 nitrogen and oxygen atoms in total. The third kappa shape index (κ3) is 4.07. The second-order valence-corrected chi connectivity index (χ2v) is 6.87. The van der Waals surface area contributed by atoms with Gasteiger partial charge in [0.15, 0.2) is 0 Å². The first kappa shape index (κ1) is 19.4. The predicted octanol–water partition coefficient (Wildman–Crippen LogP) is 4.90. The maximum Gasteiger partial charge on any atom is 0.239 e. The molecule has 0 aliphatic heterocycles. The highest BCUT2D eigenvalue weighted by molar-refractivity contribution is 5.97. The van der Waals surface area contributed by atoms with Gasteiger partial charge in [-0.3, -0.25) is 15.1 Å². The van der Waals surface area contributed by atoms with Gasteiger partial charge in [0.25, 0.3) is 0 Å². The topological polar surface area (TPSA) is 77.3 Å². The first-order chi connectivity index (χ1) is 14.7. The van der Waals surface area contributed by atoms with Crippen LogP contribution in [0.2, 0.25) is 0 Å². The maximum atomic E-state index is 12.6. The highest BCUT2D eigenvalue weighted by Gasteiger charge is 2.21. The zero-order valence-corrected chi connectivity index (χ0v) is 16.8. The molecule has 2 heterocycles. The van der Waals surface area contributed by atoms with E-state index < -0.39 is 0 Å². The third-order valence-electron chi connectivity index (χ3n) is 4.79. The molecule has 30 heavy (non-hydrogen) atoms. The van der Waals surface area contributed by atoms with Crippen LogP contribution in [0.25, 0.3) is 22.4 Å². The molecule has 0 saturated heterocycles. The minimum absolute atomic E-state index is 0.176. The Balaban J connectivity index is 1.71. The van der Waals surface area contributed by atoms with Crippen LogP contribution in [-0.4, -0.2) is 23.2 Å². The van der Waals surface area contributed by atoms with Crippen LogP contribution in [0.4, 0.5) is 5.88 Å². The van der Waals surface area contributed by atoms with Crippen LogP contribution in [0.5, 0.6) is 5.75 Å². The van der Waals surface area contributed by atoms with Crippen molar-refractivity contribution in [2.75, 3.05) is 12.4 Å². The first-order valence-electron chi connectivity index (χ1n) is 9.54. The van der Waals surface area contributed by atoms with Gasteiger partial charge < -0.3 is 9.26 Å². The highest BCUT2D eigenvalue weighted by atomic mass is 16.5. The Bertz CT molecular complexity index is 1160. The molecule has 0 aliphatic rings. The van der Waals surface area contributed by atoms with Crippen LogP contribution in [0.1, 0.15) is 11.1 Å². The number of nitrogens with zero attached hydrogens (tertiary/aromatic N) is 2. The number of hydrogen-bond donors (Lipinski definition) is 1. The molecule has 0 aliphatic carbocycles. The molecular formula is C24H21N3O3. The number of aryl methyl sites for hydroxylation is 1. The molecule has 4 rings (SSSR count). The van der Waals surface area contributed by atoms with Crippen LogP contribution in [-0.2, 0) is 11.2 Å². The summed E-state index contributed by atoms with van der Waals surface area (Å²) in [5.74, 6) is 0.930. The van der Waals surface area contributed by atoms with Gasteiger partial charge in [-0.1, -0.05) is 35.5 Å². The summed E-state index contributed by atoms with van der Waals surface area (Å²) in [5, 5.41) is 7.14. The fourth-order valence-electron chi connectivity index (χ4n) is 3.34. The van der Waals surface area contributed by atoms with Crippen LogP contribution in [0.3, 0.4) is 0 Å². The van der Waals surface area contributed by atoms with Gasteiger partial charge in [-0.2, -0.15) is 0 Å². The summed E-state index contributed by atoms with van der Waals surface area (Å²) >= 11 is 0. The van der Waals surface area contributed by atoms with Crippen molar-refractivity contribution in [2.45, 2.75) is 13.3 Å². The van der Waals surface area contributed by atoms with Crippen LogP contribution in [0.15, 0.2) is 77.6 Å². The van der Waals surface area contributed by atoms with Crippen molar-refractivity contribution in [3.63, 3.8) is 0 Å². The summed E-state index contributed by atoms with van der Waals surface area (Å²) in [6.07, 6.45) is 3.64. The smallest absolute Gasteiger partial charge is 0.239 e. The van der Waals surface area contributed by atoms with E-state index in [-0.39, 0.29) is 12.3 Å². The molecule has 0 unspecified atom stereocenters. The highest BCUT2D eigenvalue weighted by Crippen LogP contribution is 2.38. The van der Waals surface area contributed by atoms with Crippen LogP contribution >= 0.6 is 0 Å². The number of ether oxygens (including phenoxy) is 1. The molecule has 0 radical (unpaired) electrons. The number of carbonyl (C=O) groups excluding carboxylic acids is 1. The lowest BCUT2D eigenvalue weighted by Gasteiger charge is -2.08. The number of anilines is 1. The quantitative estimate of drug-likeness (QED) is 0.499. The maximum absolute atomic E-state index is 12.6. The van der Waals surface area contributed by atoms with Crippen molar-refractivity contribution in [3.05, 3.63) is 84.2 Å². The molecular weight excluding hydrogens is 378 g/mol. The standard InChI is InChI=1S/C24H21N3O3/c1-16-14-19(8-9-20(16)29-2)23-22(18-10-12-25-13-11-18)24(30-27-23)26-21(28)15-17-6-4-3-5-7-17/h3-14H,15H2,1-2H3,(H,26,28). The molecule has 0 saturated carbocycles. The summed E-state index contributed by atoms with van der Waals surface area (Å²) in [5.41, 5.74) is 4.97. The Morgan fingerprint density at radius 2 is 1.80 bits per heavy atom. The van der Waals surface area contributed by atoms with Crippen molar-refractivity contribution in [3.8, 4) is 28.1 Å². The number of pyridine rings is 1. The van der Waals surface area contributed by atoms with Gasteiger partial charge in [-0.15, -0.1) is 0 Å². The van der Waals surface area contributed by atoms with E-state index in [1.807, 2.05) is 67.6 Å². The average molecular weight is 399 g/mol. The monoisotopic (exact) mass is 399 g/mol. The fraction of sp³-hybridized carbons (Fsp3) is 0.125. The van der Waals surface area contributed by atoms with E-state index in [1.54, 1.807) is 19.5 Å². The van der Waals surface area contributed by atoms with Crippen molar-refractivity contribution in [2.24, 2.45) is 0 Å². The van der Waals surface area contributed by atoms with Crippen molar-refractivity contribution in [1.82, 2.24) is 10.1 Å². The zero-order valence-electron chi connectivity index (χ0n) is 16.8. The summed E-state index contributed by atoms with van der Waals surface area (Å²) < 4.78 is 10.9. The SMILES string of the molecule is COc1ccc(-c2noc(NC(=O)Cc3ccccc3)c2-c2ccncc2)cc1C. The molecule has 0 bridgehead atoms. The van der Waals surface area contributed by atoms with E-state index in [0.29, 0.717) is 17.1 Å². The van der Waals surface area contributed by atoms with Crippen molar-refractivity contribution in [1.29, 1.82) is 0 Å². The van der Waals surface area contributed by atoms with E-state index in [1.165, 1.54) is 0 Å². The number of nitrogens with one attached hydrogen (secondary N) is 1. The molecule has 1 N–H and O–H groups in total. The number of benzene rings is 2. The summed E-state index contributed by atoms with van der Waals surface area (Å²) in [6, 6.07) is 19.1. The number of carbonyl (C=O) groups is 1. The van der Waals surface area contributed by atoms with E-state index in [0.717, 1.165) is 28.0 Å². The summed E-state index contributed by atoms with van der Waals surface area (Å²) in [7, 11) is 1.64. The molecule has 0 atom stereocenters. The molecule has 0 spiro atoms. The molecule has 6 heteroatoms. The summed E-state index contributed by atoms with van der Waals surface area (Å²) in [6.45, 7) is 1.97. The number of methoxy groups -OCH3 is 1. The van der Waals surface area contributed by atoms with E-state index in [9.17, 15) is 4.79 Å². The second-order valence-electron chi connectivity index (χ2n) is 6.87. The van der Waals surface area contributed by atoms with Gasteiger partial charge in [0.2, 0.25) is 11.8 Å². The minimum Gasteiger partial charge on any atom is -0.496 e. The first-order valence-corrected chi connectivity index (χ1v) is 9.54. The predicted molar refractivity (Wildman–Crippen MR) is 115 cm³/mol. The number of aromatic nitrogens is 2. The zero-order chi connectivity index (χ0) is 20.9. The second kappa shape index (κ2) is 8.61. The number of hydrogen-bond acceptors (Lipinski definition) is 5. The fourth-order valence-corrected chi connectivity index (χ4v) is 3.34. The number of rotatable bonds is 6. The van der Waals surface area contributed by atoms with Crippen LogP contribution < -0.4 is 10.1 Å². The normalized spacial score (nSPS) is 10.6. The molecule has 2 aromatic carbocycles. The van der Waals surface area contributed by atoms with Crippen molar-refractivity contribution < 1.29 is 14.1 Å². The third-order valence-corrected chi connectivity index (χ3v) is 4.79. The Hall–Kier alpha value is -3.93. The lowest BCUT2D eigenvalue weighted by Crippen LogP contribution is -2.14. The van der Waals surface area contributed by atoms with Gasteiger partial charge in [-0.05, 0) is 53.9 Å². The van der Waals surface area contributed by atoms with Crippen molar-refractivity contribution >= 4 is 11.8 Å².